The number of nitrogens with zero attached hydrogens (tertiary/aromatic N) is 4. The number of anilines is 1. The molecule has 0 aliphatic heterocycles. The van der Waals surface area contributed by atoms with Crippen molar-refractivity contribution in [1.82, 2.24) is 19.6 Å². The third-order valence-electron chi connectivity index (χ3n) is 4.93. The molecule has 0 radical (unpaired) electrons. The molecule has 0 spiro atoms. The molecule has 2 aromatic heterocycles. The van der Waals surface area contributed by atoms with Crippen LogP contribution < -0.4 is 5.32 Å². The first kappa shape index (κ1) is 16.0. The number of methoxy groups -OCH3 is 1. The van der Waals surface area contributed by atoms with Gasteiger partial charge in [-0.2, -0.15) is 14.6 Å². The molecule has 4 rings (SSSR count). The van der Waals surface area contributed by atoms with Gasteiger partial charge < -0.3 is 10.1 Å². The normalized spacial score (nSPS) is 16.4. The van der Waals surface area contributed by atoms with E-state index in [9.17, 15) is 0 Å². The van der Waals surface area contributed by atoms with E-state index in [1.807, 2.05) is 6.07 Å². The standard InChI is InChI=1S/C19H23N5O/c1-25-12-16-11-17(24-19(22-16)20-13-21-24)23-18(15-9-5-6-10-15)14-7-3-2-4-8-14/h2-4,7-8,11,13,15,18,23H,5-6,9-10,12H2,1H3. The van der Waals surface area contributed by atoms with Crippen LogP contribution in [-0.2, 0) is 11.3 Å². The van der Waals surface area contributed by atoms with Crippen molar-refractivity contribution in [1.29, 1.82) is 0 Å². The largest absolute Gasteiger partial charge is 0.378 e. The predicted octanol–water partition coefficient (Wildman–Crippen LogP) is 3.61. The van der Waals surface area contributed by atoms with Crippen molar-refractivity contribution in [2.45, 2.75) is 38.3 Å². The van der Waals surface area contributed by atoms with Crippen LogP contribution in [0.2, 0.25) is 0 Å². The summed E-state index contributed by atoms with van der Waals surface area (Å²) < 4.78 is 7.02. The number of ether oxygens (including phenoxy) is 1. The summed E-state index contributed by atoms with van der Waals surface area (Å²) in [6.45, 7) is 0.456. The average Bonchev–Trinajstić information content (AvgIpc) is 3.32. The fraction of sp³-hybridized carbons (Fsp3) is 0.421. The first-order valence-corrected chi connectivity index (χ1v) is 8.85. The number of aromatic nitrogens is 4. The minimum absolute atomic E-state index is 0.258. The van der Waals surface area contributed by atoms with E-state index in [0.717, 1.165) is 11.5 Å². The Morgan fingerprint density at radius 3 is 2.80 bits per heavy atom. The van der Waals surface area contributed by atoms with Gasteiger partial charge in [0.15, 0.2) is 0 Å². The van der Waals surface area contributed by atoms with Crippen molar-refractivity contribution in [2.75, 3.05) is 12.4 Å². The van der Waals surface area contributed by atoms with Gasteiger partial charge >= 0.3 is 0 Å². The van der Waals surface area contributed by atoms with Gasteiger partial charge in [-0.3, -0.25) is 0 Å². The molecule has 1 aliphatic rings. The van der Waals surface area contributed by atoms with E-state index in [4.69, 9.17) is 4.74 Å². The maximum Gasteiger partial charge on any atom is 0.254 e. The van der Waals surface area contributed by atoms with Gasteiger partial charge in [-0.1, -0.05) is 43.2 Å². The summed E-state index contributed by atoms with van der Waals surface area (Å²) in [5.41, 5.74) is 2.16. The van der Waals surface area contributed by atoms with Gasteiger partial charge in [0.25, 0.3) is 5.78 Å². The fourth-order valence-corrected chi connectivity index (χ4v) is 3.77. The first-order valence-electron chi connectivity index (χ1n) is 8.85. The van der Waals surface area contributed by atoms with Crippen LogP contribution in [0.25, 0.3) is 5.78 Å². The summed E-state index contributed by atoms with van der Waals surface area (Å²) in [5, 5.41) is 8.06. The average molecular weight is 337 g/mol. The van der Waals surface area contributed by atoms with E-state index in [2.05, 4.69) is 50.7 Å². The zero-order chi connectivity index (χ0) is 17.1. The molecule has 6 nitrogen and oxygen atoms in total. The van der Waals surface area contributed by atoms with Crippen molar-refractivity contribution in [3.8, 4) is 0 Å². The number of nitrogens with one attached hydrogen (secondary N) is 1. The lowest BCUT2D eigenvalue weighted by atomic mass is 9.91. The van der Waals surface area contributed by atoms with Gasteiger partial charge in [-0.25, -0.2) is 4.98 Å². The van der Waals surface area contributed by atoms with Gasteiger partial charge in [0, 0.05) is 13.2 Å². The third-order valence-corrected chi connectivity index (χ3v) is 4.93. The van der Waals surface area contributed by atoms with Crippen molar-refractivity contribution in [2.24, 2.45) is 5.92 Å². The fourth-order valence-electron chi connectivity index (χ4n) is 3.77. The van der Waals surface area contributed by atoms with Crippen LogP contribution in [0.3, 0.4) is 0 Å². The molecule has 1 atom stereocenters. The molecular weight excluding hydrogens is 314 g/mol. The Hall–Kier alpha value is -2.47. The van der Waals surface area contributed by atoms with Crippen molar-refractivity contribution in [3.63, 3.8) is 0 Å². The Morgan fingerprint density at radius 1 is 1.24 bits per heavy atom. The van der Waals surface area contributed by atoms with Gasteiger partial charge in [-0.15, -0.1) is 0 Å². The van der Waals surface area contributed by atoms with Crippen LogP contribution in [-0.4, -0.2) is 26.7 Å². The monoisotopic (exact) mass is 337 g/mol. The molecule has 3 aromatic rings. The third kappa shape index (κ3) is 3.35. The minimum atomic E-state index is 0.258. The van der Waals surface area contributed by atoms with Crippen LogP contribution in [0, 0.1) is 5.92 Å². The molecule has 1 unspecified atom stereocenters. The number of benzene rings is 1. The summed E-state index contributed by atoms with van der Waals surface area (Å²) in [7, 11) is 1.67. The molecular formula is C19H23N5O. The van der Waals surface area contributed by atoms with E-state index in [-0.39, 0.29) is 6.04 Å². The molecule has 1 fully saturated rings. The Kier molecular flexibility index (Phi) is 4.61. The Labute approximate surface area is 147 Å². The van der Waals surface area contributed by atoms with E-state index >= 15 is 0 Å². The molecule has 6 heteroatoms. The summed E-state index contributed by atoms with van der Waals surface area (Å²) >= 11 is 0. The molecule has 0 amide bonds. The molecule has 130 valence electrons. The zero-order valence-electron chi connectivity index (χ0n) is 14.4. The summed E-state index contributed by atoms with van der Waals surface area (Å²) in [4.78, 5) is 8.73. The SMILES string of the molecule is COCc1cc(NC(c2ccccc2)C2CCCC2)n2ncnc2n1. The second-order valence-electron chi connectivity index (χ2n) is 6.61. The number of hydrogen-bond acceptors (Lipinski definition) is 5. The highest BCUT2D eigenvalue weighted by Crippen LogP contribution is 2.37. The highest BCUT2D eigenvalue weighted by Gasteiger charge is 2.27. The molecule has 2 heterocycles. The lowest BCUT2D eigenvalue weighted by Crippen LogP contribution is -2.21. The van der Waals surface area contributed by atoms with Crippen molar-refractivity contribution < 1.29 is 4.74 Å². The molecule has 1 saturated carbocycles. The molecule has 1 N–H and O–H groups in total. The quantitative estimate of drug-likeness (QED) is 0.744. The van der Waals surface area contributed by atoms with E-state index in [1.165, 1.54) is 37.6 Å². The van der Waals surface area contributed by atoms with Crippen LogP contribution in [0.1, 0.15) is 43.0 Å². The second-order valence-corrected chi connectivity index (χ2v) is 6.61. The van der Waals surface area contributed by atoms with E-state index in [1.54, 1.807) is 11.6 Å². The Bertz CT molecular complexity index is 826. The van der Waals surface area contributed by atoms with Gasteiger partial charge in [0.1, 0.15) is 12.1 Å². The Balaban J connectivity index is 1.72. The summed E-state index contributed by atoms with van der Waals surface area (Å²) in [5.74, 6) is 2.13. The van der Waals surface area contributed by atoms with Crippen LogP contribution in [0.5, 0.6) is 0 Å². The molecule has 0 bridgehead atoms. The van der Waals surface area contributed by atoms with Crippen molar-refractivity contribution >= 4 is 11.6 Å². The molecule has 0 saturated heterocycles. The maximum atomic E-state index is 5.25. The highest BCUT2D eigenvalue weighted by atomic mass is 16.5. The molecule has 1 aliphatic carbocycles. The Morgan fingerprint density at radius 2 is 2.04 bits per heavy atom. The van der Waals surface area contributed by atoms with Crippen molar-refractivity contribution in [3.05, 3.63) is 54.0 Å². The van der Waals surface area contributed by atoms with Crippen LogP contribution in [0.4, 0.5) is 5.82 Å². The smallest absolute Gasteiger partial charge is 0.254 e. The maximum absolute atomic E-state index is 5.25. The van der Waals surface area contributed by atoms with Crippen LogP contribution in [0.15, 0.2) is 42.7 Å². The first-order chi connectivity index (χ1) is 12.3. The zero-order valence-corrected chi connectivity index (χ0v) is 14.4. The number of rotatable bonds is 6. The summed E-state index contributed by atoms with van der Waals surface area (Å²) in [6, 6.07) is 12.9. The topological polar surface area (TPSA) is 64.3 Å². The number of hydrogen-bond donors (Lipinski definition) is 1. The highest BCUT2D eigenvalue weighted by molar-refractivity contribution is 5.47. The summed E-state index contributed by atoms with van der Waals surface area (Å²) in [6.07, 6.45) is 6.66. The van der Waals surface area contributed by atoms with Gasteiger partial charge in [0.2, 0.25) is 0 Å². The van der Waals surface area contributed by atoms with E-state index < -0.39 is 0 Å². The number of fused-ring (bicyclic) bond motifs is 1. The minimum Gasteiger partial charge on any atom is -0.378 e. The van der Waals surface area contributed by atoms with Gasteiger partial charge in [0.05, 0.1) is 18.3 Å². The predicted molar refractivity (Wildman–Crippen MR) is 96.3 cm³/mol. The van der Waals surface area contributed by atoms with E-state index in [0.29, 0.717) is 18.3 Å². The lowest BCUT2D eigenvalue weighted by molar-refractivity contribution is 0.181. The second kappa shape index (κ2) is 7.19. The van der Waals surface area contributed by atoms with Crippen LogP contribution >= 0.6 is 0 Å². The molecule has 1 aromatic carbocycles. The van der Waals surface area contributed by atoms with Gasteiger partial charge in [-0.05, 0) is 24.3 Å². The molecule has 25 heavy (non-hydrogen) atoms. The lowest BCUT2D eigenvalue weighted by Gasteiger charge is -2.26.